The Morgan fingerprint density at radius 3 is 2.66 bits per heavy atom. The summed E-state index contributed by atoms with van der Waals surface area (Å²) in [6.07, 6.45) is -2.91. The second-order valence-electron chi connectivity index (χ2n) is 7.25. The molecule has 6 nitrogen and oxygen atoms in total. The lowest BCUT2D eigenvalue weighted by Gasteiger charge is -2.19. The molecule has 156 valence electrons. The van der Waals surface area contributed by atoms with Gasteiger partial charge in [-0.2, -0.15) is 18.2 Å². The second kappa shape index (κ2) is 7.36. The van der Waals surface area contributed by atoms with Crippen molar-refractivity contribution in [3.8, 4) is 0 Å². The van der Waals surface area contributed by atoms with Crippen molar-refractivity contribution in [1.82, 2.24) is 20.3 Å². The summed E-state index contributed by atoms with van der Waals surface area (Å²) in [6.45, 7) is 1.12. The molecule has 4 heterocycles. The Kier molecular flexibility index (Phi) is 5.01. The fourth-order valence-electron chi connectivity index (χ4n) is 3.49. The minimum atomic E-state index is -4.50. The van der Waals surface area contributed by atoms with E-state index < -0.39 is 24.2 Å². The highest BCUT2D eigenvalue weighted by molar-refractivity contribution is 5.55. The van der Waals surface area contributed by atoms with Gasteiger partial charge in [0.2, 0.25) is 5.95 Å². The van der Waals surface area contributed by atoms with Gasteiger partial charge in [-0.05, 0) is 25.1 Å². The Morgan fingerprint density at radius 2 is 2.00 bits per heavy atom. The van der Waals surface area contributed by atoms with Crippen molar-refractivity contribution in [3.05, 3.63) is 35.7 Å². The summed E-state index contributed by atoms with van der Waals surface area (Å²) in [5, 5.41) is 5.98. The van der Waals surface area contributed by atoms with E-state index in [0.717, 1.165) is 31.3 Å². The minimum Gasteiger partial charge on any atom is -0.334 e. The fraction of sp³-hybridized carbons (Fsp3) is 0.500. The monoisotopic (exact) mass is 414 g/mol. The number of nitrogens with zero attached hydrogens (tertiary/aromatic N) is 4. The molecule has 4 rings (SSSR count). The number of hydrogen-bond donors (Lipinski definition) is 2. The topological polar surface area (TPSA) is 66.0 Å². The van der Waals surface area contributed by atoms with E-state index >= 15 is 0 Å². The fourth-order valence-corrected chi connectivity index (χ4v) is 3.49. The van der Waals surface area contributed by atoms with Crippen LogP contribution in [-0.4, -0.2) is 47.1 Å². The van der Waals surface area contributed by atoms with Crippen LogP contribution in [0, 0.1) is 0 Å². The average molecular weight is 414 g/mol. The zero-order chi connectivity index (χ0) is 20.6. The van der Waals surface area contributed by atoms with Crippen molar-refractivity contribution in [3.63, 3.8) is 0 Å². The van der Waals surface area contributed by atoms with E-state index in [2.05, 4.69) is 25.6 Å². The molecule has 2 aromatic rings. The van der Waals surface area contributed by atoms with Gasteiger partial charge in [-0.3, -0.25) is 0 Å². The highest BCUT2D eigenvalue weighted by Crippen LogP contribution is 2.33. The van der Waals surface area contributed by atoms with Gasteiger partial charge >= 0.3 is 6.18 Å². The van der Waals surface area contributed by atoms with Crippen molar-refractivity contribution >= 4 is 17.6 Å². The summed E-state index contributed by atoms with van der Waals surface area (Å²) in [4.78, 5) is 14.0. The molecule has 0 spiro atoms. The molecular formula is C18H19F5N6. The van der Waals surface area contributed by atoms with Gasteiger partial charge in [-0.15, -0.1) is 0 Å². The molecule has 0 bridgehead atoms. The second-order valence-corrected chi connectivity index (χ2v) is 7.25. The van der Waals surface area contributed by atoms with Gasteiger partial charge in [0.15, 0.2) is 0 Å². The van der Waals surface area contributed by atoms with Crippen LogP contribution < -0.4 is 15.5 Å². The summed E-state index contributed by atoms with van der Waals surface area (Å²) in [6, 6.07) is 3.39. The first kappa shape index (κ1) is 19.7. The van der Waals surface area contributed by atoms with Crippen LogP contribution in [0.2, 0.25) is 0 Å². The number of aromatic nitrogens is 3. The van der Waals surface area contributed by atoms with Crippen molar-refractivity contribution in [2.75, 3.05) is 36.4 Å². The van der Waals surface area contributed by atoms with Crippen LogP contribution in [-0.2, 0) is 6.18 Å². The summed E-state index contributed by atoms with van der Waals surface area (Å²) in [7, 11) is 0. The lowest BCUT2D eigenvalue weighted by atomic mass is 10.0. The third-order valence-electron chi connectivity index (χ3n) is 5.01. The molecule has 1 atom stereocenters. The molecule has 2 N–H and O–H groups in total. The largest absolute Gasteiger partial charge is 0.416 e. The van der Waals surface area contributed by atoms with Crippen LogP contribution in [0.3, 0.4) is 0 Å². The van der Waals surface area contributed by atoms with Gasteiger partial charge in [0.05, 0.1) is 17.8 Å². The third kappa shape index (κ3) is 4.55. The normalized spacial score (nSPS) is 21.6. The standard InChI is InChI=1S/C18H19F5N6/c19-17(20)3-6-29(10-17)16-26-13(11-1-4-24-9-11)8-15(28-16)27-14-7-12(2-5-25-14)18(21,22)23/h2,5,7-8,11,24H,1,3-4,6,9-10H2,(H,25,26,27,28). The zero-order valence-electron chi connectivity index (χ0n) is 15.3. The van der Waals surface area contributed by atoms with E-state index in [1.165, 1.54) is 4.90 Å². The van der Waals surface area contributed by atoms with E-state index in [9.17, 15) is 22.0 Å². The smallest absolute Gasteiger partial charge is 0.334 e. The molecular weight excluding hydrogens is 395 g/mol. The van der Waals surface area contributed by atoms with Crippen molar-refractivity contribution in [2.24, 2.45) is 0 Å². The Labute approximate surface area is 163 Å². The highest BCUT2D eigenvalue weighted by Gasteiger charge is 2.39. The minimum absolute atomic E-state index is 0.0354. The third-order valence-corrected chi connectivity index (χ3v) is 5.01. The van der Waals surface area contributed by atoms with Crippen LogP contribution in [0.25, 0.3) is 0 Å². The quantitative estimate of drug-likeness (QED) is 0.746. The molecule has 0 radical (unpaired) electrons. The Morgan fingerprint density at radius 1 is 1.17 bits per heavy atom. The Hall–Kier alpha value is -2.56. The molecule has 2 saturated heterocycles. The Bertz CT molecular complexity index is 881. The van der Waals surface area contributed by atoms with E-state index in [0.29, 0.717) is 12.2 Å². The number of halogens is 5. The van der Waals surface area contributed by atoms with Gasteiger partial charge in [0.25, 0.3) is 5.92 Å². The maximum Gasteiger partial charge on any atom is 0.416 e. The molecule has 0 saturated carbocycles. The first-order valence-electron chi connectivity index (χ1n) is 9.22. The molecule has 0 aromatic carbocycles. The van der Waals surface area contributed by atoms with Crippen molar-refractivity contribution < 1.29 is 22.0 Å². The molecule has 2 aliphatic heterocycles. The molecule has 2 aromatic heterocycles. The van der Waals surface area contributed by atoms with Crippen LogP contribution in [0.5, 0.6) is 0 Å². The maximum absolute atomic E-state index is 13.6. The van der Waals surface area contributed by atoms with Gasteiger partial charge in [0, 0.05) is 37.7 Å². The molecule has 2 aliphatic rings. The van der Waals surface area contributed by atoms with Gasteiger partial charge in [0.1, 0.15) is 11.6 Å². The number of nitrogens with one attached hydrogen (secondary N) is 2. The van der Waals surface area contributed by atoms with Crippen LogP contribution in [0.15, 0.2) is 24.4 Å². The van der Waals surface area contributed by atoms with Gasteiger partial charge in [-0.1, -0.05) is 0 Å². The number of hydrogen-bond acceptors (Lipinski definition) is 6. The number of anilines is 3. The predicted octanol–water partition coefficient (Wildman–Crippen LogP) is 3.56. The molecule has 0 amide bonds. The SMILES string of the molecule is FC1(F)CCN(c2nc(Nc3cc(C(F)(F)F)ccn3)cc(C3CCNC3)n2)C1. The zero-order valence-corrected chi connectivity index (χ0v) is 15.3. The Balaban J connectivity index is 1.65. The summed E-state index contributed by atoms with van der Waals surface area (Å²) >= 11 is 0. The molecule has 2 fully saturated rings. The number of pyridine rings is 1. The summed E-state index contributed by atoms with van der Waals surface area (Å²) in [5.41, 5.74) is -0.187. The highest BCUT2D eigenvalue weighted by atomic mass is 19.4. The lowest BCUT2D eigenvalue weighted by Crippen LogP contribution is -2.27. The first-order valence-corrected chi connectivity index (χ1v) is 9.22. The van der Waals surface area contributed by atoms with E-state index in [1.807, 2.05) is 0 Å². The predicted molar refractivity (Wildman–Crippen MR) is 96.6 cm³/mol. The van der Waals surface area contributed by atoms with Crippen molar-refractivity contribution in [2.45, 2.75) is 30.9 Å². The summed E-state index contributed by atoms with van der Waals surface area (Å²) in [5.74, 6) is -2.41. The van der Waals surface area contributed by atoms with E-state index in [-0.39, 0.29) is 36.5 Å². The molecule has 0 aliphatic carbocycles. The van der Waals surface area contributed by atoms with E-state index in [4.69, 9.17) is 0 Å². The van der Waals surface area contributed by atoms with E-state index in [1.54, 1.807) is 6.07 Å². The number of alkyl halides is 5. The molecule has 29 heavy (non-hydrogen) atoms. The number of rotatable bonds is 4. The van der Waals surface area contributed by atoms with Crippen LogP contribution in [0.4, 0.5) is 39.5 Å². The molecule has 1 unspecified atom stereocenters. The first-order chi connectivity index (χ1) is 13.7. The maximum atomic E-state index is 13.6. The summed E-state index contributed by atoms with van der Waals surface area (Å²) < 4.78 is 66.1. The van der Waals surface area contributed by atoms with Crippen LogP contribution in [0.1, 0.15) is 30.0 Å². The van der Waals surface area contributed by atoms with Gasteiger partial charge < -0.3 is 15.5 Å². The lowest BCUT2D eigenvalue weighted by molar-refractivity contribution is -0.137. The molecule has 11 heteroatoms. The van der Waals surface area contributed by atoms with Crippen LogP contribution >= 0.6 is 0 Å². The van der Waals surface area contributed by atoms with Crippen molar-refractivity contribution in [1.29, 1.82) is 0 Å². The van der Waals surface area contributed by atoms with Gasteiger partial charge in [-0.25, -0.2) is 18.7 Å². The average Bonchev–Trinajstić information content (AvgIpc) is 3.30.